The van der Waals surface area contributed by atoms with Gasteiger partial charge < -0.3 is 55.1 Å². The number of aliphatic hydroxyl groups is 8. The molecule has 3 aliphatic rings. The predicted octanol–water partition coefficient (Wildman–Crippen LogP) is -4.00. The maximum Gasteiger partial charge on any atom is 0.111 e. The molecule has 0 spiro atoms. The van der Waals surface area contributed by atoms with Gasteiger partial charge in [-0.15, -0.1) is 0 Å². The molecule has 0 unspecified atom stereocenters. The SMILES string of the molecule is OC[C@H]1O[C@H](CC[C@H]2O[C@H](CC[C@H]3O[C@H](CO)[C@@H](O)[C@@H]3O)[C@@H](O)[C@@H]2O)[C@@H](O)[C@@H]1O. The number of aliphatic hydroxyl groups excluding tert-OH is 8. The molecule has 0 aromatic carbocycles. The molecule has 11 nitrogen and oxygen atoms in total. The lowest BCUT2D eigenvalue weighted by molar-refractivity contribution is -0.0468. The van der Waals surface area contributed by atoms with Crippen molar-refractivity contribution in [2.45, 2.75) is 98.9 Å². The van der Waals surface area contributed by atoms with E-state index in [2.05, 4.69) is 0 Å². The maximum atomic E-state index is 10.3. The fourth-order valence-corrected chi connectivity index (χ4v) is 4.39. The standard InChI is InChI=1S/C18H32O11/c19-5-11-17(25)15(23)9(28-11)3-1-7-13(21)14(22)8(27-7)2-4-10-16(24)18(26)12(6-20)29-10/h7-26H,1-6H2/t7-,8-,9-,10-,11-,12-,13-,14-,15-,16-,17-,18-/m1/s1. The second-order valence-electron chi connectivity index (χ2n) is 8.10. The molecule has 11 heteroatoms. The highest BCUT2D eigenvalue weighted by Crippen LogP contribution is 2.32. The fourth-order valence-electron chi connectivity index (χ4n) is 4.39. The van der Waals surface area contributed by atoms with E-state index in [0.717, 1.165) is 0 Å². The van der Waals surface area contributed by atoms with Crippen molar-refractivity contribution in [3.63, 3.8) is 0 Å². The lowest BCUT2D eigenvalue weighted by Crippen LogP contribution is -2.35. The van der Waals surface area contributed by atoms with Crippen LogP contribution in [-0.2, 0) is 14.2 Å². The van der Waals surface area contributed by atoms with Crippen LogP contribution in [0.1, 0.15) is 25.7 Å². The van der Waals surface area contributed by atoms with E-state index in [-0.39, 0.29) is 25.7 Å². The molecule has 0 aromatic heterocycles. The van der Waals surface area contributed by atoms with Crippen LogP contribution in [-0.4, -0.2) is 127 Å². The van der Waals surface area contributed by atoms with Crippen LogP contribution >= 0.6 is 0 Å². The van der Waals surface area contributed by atoms with E-state index in [9.17, 15) is 30.6 Å². The van der Waals surface area contributed by atoms with Crippen molar-refractivity contribution in [2.24, 2.45) is 0 Å². The quantitative estimate of drug-likeness (QED) is 0.189. The molecule has 0 bridgehead atoms. The minimum Gasteiger partial charge on any atom is -0.394 e. The van der Waals surface area contributed by atoms with Crippen LogP contribution in [0.25, 0.3) is 0 Å². The predicted molar refractivity (Wildman–Crippen MR) is 94.7 cm³/mol. The van der Waals surface area contributed by atoms with Gasteiger partial charge in [-0.3, -0.25) is 0 Å². The van der Waals surface area contributed by atoms with Gasteiger partial charge in [0, 0.05) is 0 Å². The smallest absolute Gasteiger partial charge is 0.111 e. The summed E-state index contributed by atoms with van der Waals surface area (Å²) in [6, 6.07) is 0. The normalized spacial score (nSPS) is 50.5. The summed E-state index contributed by atoms with van der Waals surface area (Å²) in [5.74, 6) is 0. The third kappa shape index (κ3) is 4.75. The van der Waals surface area contributed by atoms with E-state index in [1.165, 1.54) is 0 Å². The molecule has 0 aromatic rings. The van der Waals surface area contributed by atoms with Gasteiger partial charge in [0.25, 0.3) is 0 Å². The number of rotatable bonds is 8. The Morgan fingerprint density at radius 2 is 0.586 bits per heavy atom. The van der Waals surface area contributed by atoms with Gasteiger partial charge in [0.1, 0.15) is 48.8 Å². The summed E-state index contributed by atoms with van der Waals surface area (Å²) < 4.78 is 16.5. The highest BCUT2D eigenvalue weighted by atomic mass is 16.6. The largest absolute Gasteiger partial charge is 0.394 e. The Morgan fingerprint density at radius 1 is 0.379 bits per heavy atom. The minimum atomic E-state index is -1.19. The third-order valence-corrected chi connectivity index (χ3v) is 6.22. The lowest BCUT2D eigenvalue weighted by atomic mass is 9.97. The van der Waals surface area contributed by atoms with E-state index >= 15 is 0 Å². The number of ether oxygens (including phenoxy) is 3. The average molecular weight is 424 g/mol. The lowest BCUT2D eigenvalue weighted by Gasteiger charge is -2.20. The minimum absolute atomic E-state index is 0.255. The van der Waals surface area contributed by atoms with Crippen LogP contribution < -0.4 is 0 Å². The molecule has 3 aliphatic heterocycles. The molecule has 3 heterocycles. The summed E-state index contributed by atoms with van der Waals surface area (Å²) in [4.78, 5) is 0. The third-order valence-electron chi connectivity index (χ3n) is 6.22. The number of hydrogen-bond acceptors (Lipinski definition) is 11. The van der Waals surface area contributed by atoms with Crippen molar-refractivity contribution in [1.29, 1.82) is 0 Å². The molecule has 0 amide bonds. The molecule has 0 radical (unpaired) electrons. The van der Waals surface area contributed by atoms with Crippen molar-refractivity contribution in [3.8, 4) is 0 Å². The molecular weight excluding hydrogens is 392 g/mol. The van der Waals surface area contributed by atoms with E-state index in [1.807, 2.05) is 0 Å². The van der Waals surface area contributed by atoms with E-state index in [4.69, 9.17) is 24.4 Å². The van der Waals surface area contributed by atoms with Crippen molar-refractivity contribution in [1.82, 2.24) is 0 Å². The summed E-state index contributed by atoms with van der Waals surface area (Å²) in [5.41, 5.74) is 0. The van der Waals surface area contributed by atoms with Gasteiger partial charge in [-0.1, -0.05) is 0 Å². The summed E-state index contributed by atoms with van der Waals surface area (Å²) in [6.07, 6.45) is -10.5. The summed E-state index contributed by atoms with van der Waals surface area (Å²) in [6.45, 7) is -0.835. The Kier molecular flexibility index (Phi) is 7.84. The van der Waals surface area contributed by atoms with Gasteiger partial charge in [-0.05, 0) is 25.7 Å². The summed E-state index contributed by atoms with van der Waals surface area (Å²) in [5, 5.41) is 78.3. The Balaban J connectivity index is 1.46. The molecule has 3 rings (SSSR count). The maximum absolute atomic E-state index is 10.3. The highest BCUT2D eigenvalue weighted by molar-refractivity contribution is 4.96. The van der Waals surface area contributed by atoms with Crippen molar-refractivity contribution in [2.75, 3.05) is 13.2 Å². The van der Waals surface area contributed by atoms with Crippen LogP contribution in [0.5, 0.6) is 0 Å². The topological polar surface area (TPSA) is 190 Å². The van der Waals surface area contributed by atoms with Gasteiger partial charge in [0.05, 0.1) is 37.6 Å². The molecular formula is C18H32O11. The van der Waals surface area contributed by atoms with Gasteiger partial charge in [-0.25, -0.2) is 0 Å². The molecule has 12 atom stereocenters. The van der Waals surface area contributed by atoms with E-state index in [1.54, 1.807) is 0 Å². The zero-order valence-corrected chi connectivity index (χ0v) is 16.0. The molecule has 170 valence electrons. The first-order chi connectivity index (χ1) is 13.8. The molecule has 8 N–H and O–H groups in total. The Morgan fingerprint density at radius 3 is 0.793 bits per heavy atom. The second-order valence-corrected chi connectivity index (χ2v) is 8.10. The summed E-state index contributed by atoms with van der Waals surface area (Å²) >= 11 is 0. The highest BCUT2D eigenvalue weighted by Gasteiger charge is 2.47. The average Bonchev–Trinajstić information content (AvgIpc) is 3.26. The van der Waals surface area contributed by atoms with E-state index < -0.39 is 86.5 Å². The van der Waals surface area contributed by atoms with Crippen molar-refractivity contribution < 1.29 is 55.1 Å². The first-order valence-electron chi connectivity index (χ1n) is 10.0. The van der Waals surface area contributed by atoms with Crippen LogP contribution in [0.15, 0.2) is 0 Å². The van der Waals surface area contributed by atoms with Crippen LogP contribution in [0, 0.1) is 0 Å². The fraction of sp³-hybridized carbons (Fsp3) is 1.00. The number of hydrogen-bond donors (Lipinski definition) is 8. The molecule has 0 saturated carbocycles. The Bertz CT molecular complexity index is 478. The monoisotopic (exact) mass is 424 g/mol. The first kappa shape index (κ1) is 23.2. The molecule has 3 saturated heterocycles. The zero-order valence-electron chi connectivity index (χ0n) is 16.0. The van der Waals surface area contributed by atoms with Crippen LogP contribution in [0.4, 0.5) is 0 Å². The van der Waals surface area contributed by atoms with Gasteiger partial charge >= 0.3 is 0 Å². The van der Waals surface area contributed by atoms with Crippen LogP contribution in [0.2, 0.25) is 0 Å². The van der Waals surface area contributed by atoms with Gasteiger partial charge in [-0.2, -0.15) is 0 Å². The molecule has 3 fully saturated rings. The van der Waals surface area contributed by atoms with Crippen LogP contribution in [0.3, 0.4) is 0 Å². The van der Waals surface area contributed by atoms with Gasteiger partial charge in [0.15, 0.2) is 0 Å². The second kappa shape index (κ2) is 9.79. The molecule has 0 aliphatic carbocycles. The van der Waals surface area contributed by atoms with E-state index in [0.29, 0.717) is 0 Å². The van der Waals surface area contributed by atoms with Crippen molar-refractivity contribution >= 4 is 0 Å². The van der Waals surface area contributed by atoms with Crippen molar-refractivity contribution in [3.05, 3.63) is 0 Å². The van der Waals surface area contributed by atoms with Gasteiger partial charge in [0.2, 0.25) is 0 Å². The Labute approximate surface area is 168 Å². The first-order valence-corrected chi connectivity index (χ1v) is 10.0. The Hall–Kier alpha value is -0.440. The summed E-state index contributed by atoms with van der Waals surface area (Å²) in [7, 11) is 0. The zero-order chi connectivity index (χ0) is 21.3. The molecule has 29 heavy (non-hydrogen) atoms.